The number of nitrogens with one attached hydrogen (secondary N) is 1. The molecular formula is C20H26N2O3. The molecule has 0 atom stereocenters. The molecular weight excluding hydrogens is 316 g/mol. The van der Waals surface area contributed by atoms with Crippen LogP contribution in [0.25, 0.3) is 0 Å². The van der Waals surface area contributed by atoms with Gasteiger partial charge in [0.1, 0.15) is 0 Å². The molecule has 0 aliphatic rings. The van der Waals surface area contributed by atoms with Crippen LogP contribution in [-0.4, -0.2) is 30.0 Å². The van der Waals surface area contributed by atoms with Gasteiger partial charge in [0.05, 0.1) is 19.2 Å². The number of methoxy groups -OCH3 is 1. The number of benzene rings is 1. The number of ketones is 1. The molecule has 0 aliphatic carbocycles. The van der Waals surface area contributed by atoms with E-state index in [0.29, 0.717) is 16.8 Å². The highest BCUT2D eigenvalue weighted by Crippen LogP contribution is 2.25. The van der Waals surface area contributed by atoms with Crippen molar-refractivity contribution >= 4 is 17.4 Å². The van der Waals surface area contributed by atoms with Crippen LogP contribution in [-0.2, 0) is 10.3 Å². The van der Waals surface area contributed by atoms with E-state index < -0.39 is 5.97 Å². The minimum atomic E-state index is -0.429. The number of ether oxygens (including phenoxy) is 1. The maximum atomic E-state index is 12.7. The second kappa shape index (κ2) is 7.13. The highest BCUT2D eigenvalue weighted by molar-refractivity contribution is 6.01. The second-order valence-corrected chi connectivity index (χ2v) is 7.10. The lowest BCUT2D eigenvalue weighted by atomic mass is 10.1. The van der Waals surface area contributed by atoms with Gasteiger partial charge in [0.25, 0.3) is 0 Å². The summed E-state index contributed by atoms with van der Waals surface area (Å²) in [5.74, 6) is -0.440. The standard InChI is InChI=1S/C20H26N2O3/c1-13-11-16(14(2)22(13)20(3,4)5)18(23)12-21-17-10-8-7-9-15(17)19(24)25-6/h7-11,21H,12H2,1-6H3. The predicted octanol–water partition coefficient (Wildman–Crippen LogP) is 3.94. The molecule has 0 unspecified atom stereocenters. The van der Waals surface area contributed by atoms with Crippen LogP contribution < -0.4 is 5.32 Å². The van der Waals surface area contributed by atoms with Crippen LogP contribution in [0, 0.1) is 13.8 Å². The molecule has 0 saturated carbocycles. The number of rotatable bonds is 5. The highest BCUT2D eigenvalue weighted by Gasteiger charge is 2.22. The van der Waals surface area contributed by atoms with Crippen molar-refractivity contribution in [2.75, 3.05) is 19.0 Å². The zero-order valence-electron chi connectivity index (χ0n) is 15.8. The van der Waals surface area contributed by atoms with Crippen molar-refractivity contribution in [2.45, 2.75) is 40.2 Å². The topological polar surface area (TPSA) is 60.3 Å². The number of carbonyl (C=O) groups is 2. The van der Waals surface area contributed by atoms with E-state index in [1.54, 1.807) is 18.2 Å². The first kappa shape index (κ1) is 18.8. The molecule has 134 valence electrons. The summed E-state index contributed by atoms with van der Waals surface area (Å²) in [4.78, 5) is 24.5. The Hall–Kier alpha value is -2.56. The summed E-state index contributed by atoms with van der Waals surface area (Å²) in [6, 6.07) is 8.93. The number of para-hydroxylation sites is 1. The van der Waals surface area contributed by atoms with Crippen LogP contribution in [0.1, 0.15) is 52.9 Å². The zero-order chi connectivity index (χ0) is 18.8. The Labute approximate surface area is 149 Å². The van der Waals surface area contributed by atoms with E-state index >= 15 is 0 Å². The van der Waals surface area contributed by atoms with Gasteiger partial charge in [0.15, 0.2) is 5.78 Å². The maximum absolute atomic E-state index is 12.7. The molecule has 0 radical (unpaired) electrons. The third-order valence-corrected chi connectivity index (χ3v) is 4.17. The van der Waals surface area contributed by atoms with E-state index in [1.807, 2.05) is 26.0 Å². The molecule has 2 rings (SSSR count). The van der Waals surface area contributed by atoms with Gasteiger partial charge in [0.2, 0.25) is 0 Å². The van der Waals surface area contributed by atoms with Crippen molar-refractivity contribution in [1.82, 2.24) is 4.57 Å². The molecule has 25 heavy (non-hydrogen) atoms. The first-order valence-electron chi connectivity index (χ1n) is 8.30. The molecule has 0 saturated heterocycles. The molecule has 0 spiro atoms. The van der Waals surface area contributed by atoms with Gasteiger partial charge in [-0.05, 0) is 52.8 Å². The molecule has 2 aromatic rings. The number of Topliss-reactive ketones (excluding diaryl/α,β-unsaturated/α-hetero) is 1. The molecule has 1 aromatic carbocycles. The van der Waals surface area contributed by atoms with Crippen LogP contribution in [0.5, 0.6) is 0 Å². The Kier molecular flexibility index (Phi) is 5.36. The summed E-state index contributed by atoms with van der Waals surface area (Å²) in [5.41, 5.74) is 3.64. The predicted molar refractivity (Wildman–Crippen MR) is 99.5 cm³/mol. The van der Waals surface area contributed by atoms with Gasteiger partial charge in [-0.1, -0.05) is 12.1 Å². The van der Waals surface area contributed by atoms with E-state index in [2.05, 4.69) is 30.7 Å². The normalized spacial score (nSPS) is 11.3. The minimum Gasteiger partial charge on any atom is -0.465 e. The second-order valence-electron chi connectivity index (χ2n) is 7.10. The zero-order valence-corrected chi connectivity index (χ0v) is 15.8. The Morgan fingerprint density at radius 3 is 2.32 bits per heavy atom. The SMILES string of the molecule is COC(=O)c1ccccc1NCC(=O)c1cc(C)n(C(C)(C)C)c1C. The van der Waals surface area contributed by atoms with E-state index in [-0.39, 0.29) is 17.9 Å². The third kappa shape index (κ3) is 3.92. The Morgan fingerprint density at radius 2 is 1.76 bits per heavy atom. The molecule has 1 heterocycles. The fraction of sp³-hybridized carbons (Fsp3) is 0.400. The summed E-state index contributed by atoms with van der Waals surface area (Å²) in [7, 11) is 1.34. The van der Waals surface area contributed by atoms with Gasteiger partial charge >= 0.3 is 5.97 Å². The first-order valence-corrected chi connectivity index (χ1v) is 8.30. The maximum Gasteiger partial charge on any atom is 0.339 e. The monoisotopic (exact) mass is 342 g/mol. The largest absolute Gasteiger partial charge is 0.465 e. The average Bonchev–Trinajstić information content (AvgIpc) is 2.86. The summed E-state index contributed by atoms with van der Waals surface area (Å²) in [6.45, 7) is 10.4. The number of aromatic nitrogens is 1. The van der Waals surface area contributed by atoms with E-state index in [9.17, 15) is 9.59 Å². The summed E-state index contributed by atoms with van der Waals surface area (Å²) >= 11 is 0. The molecule has 5 nitrogen and oxygen atoms in total. The highest BCUT2D eigenvalue weighted by atomic mass is 16.5. The molecule has 0 bridgehead atoms. The lowest BCUT2D eigenvalue weighted by Gasteiger charge is -2.25. The fourth-order valence-electron chi connectivity index (χ4n) is 3.27. The van der Waals surface area contributed by atoms with Crippen molar-refractivity contribution in [2.24, 2.45) is 0 Å². The van der Waals surface area contributed by atoms with E-state index in [4.69, 9.17) is 4.74 Å². The van der Waals surface area contributed by atoms with Crippen LogP contribution in [0.3, 0.4) is 0 Å². The van der Waals surface area contributed by atoms with Crippen LogP contribution in [0.2, 0.25) is 0 Å². The smallest absolute Gasteiger partial charge is 0.339 e. The van der Waals surface area contributed by atoms with Crippen molar-refractivity contribution in [3.05, 3.63) is 52.8 Å². The van der Waals surface area contributed by atoms with Crippen molar-refractivity contribution in [3.8, 4) is 0 Å². The van der Waals surface area contributed by atoms with E-state index in [1.165, 1.54) is 7.11 Å². The molecule has 0 amide bonds. The van der Waals surface area contributed by atoms with Crippen LogP contribution >= 0.6 is 0 Å². The third-order valence-electron chi connectivity index (χ3n) is 4.17. The average molecular weight is 342 g/mol. The Bertz CT molecular complexity index is 798. The Balaban J connectivity index is 2.22. The quantitative estimate of drug-likeness (QED) is 0.660. The van der Waals surface area contributed by atoms with Crippen LogP contribution in [0.15, 0.2) is 30.3 Å². The fourth-order valence-corrected chi connectivity index (χ4v) is 3.27. The number of esters is 1. The number of carbonyl (C=O) groups excluding carboxylic acids is 2. The van der Waals surface area contributed by atoms with Gasteiger partial charge < -0.3 is 14.6 Å². The number of anilines is 1. The van der Waals surface area contributed by atoms with Gasteiger partial charge in [-0.25, -0.2) is 4.79 Å². The van der Waals surface area contributed by atoms with Gasteiger partial charge in [0, 0.05) is 28.2 Å². The summed E-state index contributed by atoms with van der Waals surface area (Å²) < 4.78 is 6.95. The lowest BCUT2D eigenvalue weighted by Crippen LogP contribution is -2.25. The Morgan fingerprint density at radius 1 is 1.12 bits per heavy atom. The number of hydrogen-bond donors (Lipinski definition) is 1. The molecule has 1 aromatic heterocycles. The minimum absolute atomic E-state index is 0.0109. The molecule has 5 heteroatoms. The van der Waals surface area contributed by atoms with Crippen molar-refractivity contribution in [3.63, 3.8) is 0 Å². The number of nitrogens with zero attached hydrogens (tertiary/aromatic N) is 1. The summed E-state index contributed by atoms with van der Waals surface area (Å²) in [5, 5.41) is 3.06. The van der Waals surface area contributed by atoms with Crippen molar-refractivity contribution in [1.29, 1.82) is 0 Å². The van der Waals surface area contributed by atoms with Gasteiger partial charge in [-0.15, -0.1) is 0 Å². The molecule has 0 fully saturated rings. The van der Waals surface area contributed by atoms with Crippen molar-refractivity contribution < 1.29 is 14.3 Å². The van der Waals surface area contributed by atoms with Gasteiger partial charge in [-0.3, -0.25) is 4.79 Å². The number of hydrogen-bond acceptors (Lipinski definition) is 4. The van der Waals surface area contributed by atoms with E-state index in [0.717, 1.165) is 11.4 Å². The summed E-state index contributed by atoms with van der Waals surface area (Å²) in [6.07, 6.45) is 0. The van der Waals surface area contributed by atoms with Crippen LogP contribution in [0.4, 0.5) is 5.69 Å². The lowest BCUT2D eigenvalue weighted by molar-refractivity contribution is 0.0601. The number of aryl methyl sites for hydroxylation is 1. The molecule has 0 aliphatic heterocycles. The molecule has 1 N–H and O–H groups in total. The van der Waals surface area contributed by atoms with Gasteiger partial charge in [-0.2, -0.15) is 0 Å². The first-order chi connectivity index (χ1) is 11.7.